The fourth-order valence-corrected chi connectivity index (χ4v) is 15.5. The van der Waals surface area contributed by atoms with Gasteiger partial charge in [-0.05, 0) is 178 Å². The number of aromatic nitrogens is 8. The van der Waals surface area contributed by atoms with Gasteiger partial charge in [0.05, 0.1) is 56.9 Å². The number of nitrogens with zero attached hydrogens (tertiary/aromatic N) is 6. The average Bonchev–Trinajstić information content (AvgIpc) is 1.60. The minimum atomic E-state index is 0.0390. The zero-order chi connectivity index (χ0) is 72.0. The molecule has 108 heavy (non-hydrogen) atoms. The number of phenols is 1. The van der Waals surface area contributed by atoms with Gasteiger partial charge in [-0.15, -0.1) is 0 Å². The van der Waals surface area contributed by atoms with Crippen molar-refractivity contribution in [1.82, 2.24) is 39.9 Å². The third kappa shape index (κ3) is 12.3. The summed E-state index contributed by atoms with van der Waals surface area (Å²) in [6.07, 6.45) is 20.3. The summed E-state index contributed by atoms with van der Waals surface area (Å²) < 4.78 is 0.754. The van der Waals surface area contributed by atoms with Crippen LogP contribution in [0.2, 0.25) is 0 Å². The molecule has 10 heterocycles. The molecule has 0 radical (unpaired) electrons. The Kier molecular flexibility index (Phi) is 16.6. The van der Waals surface area contributed by atoms with Crippen LogP contribution < -0.4 is 0 Å². The first-order valence-corrected chi connectivity index (χ1v) is 36.6. The highest BCUT2D eigenvalue weighted by Gasteiger charge is 2.23. The highest BCUT2D eigenvalue weighted by molar-refractivity contribution is 9.10. The molecule has 6 aromatic heterocycles. The van der Waals surface area contributed by atoms with E-state index in [2.05, 4.69) is 303 Å². The van der Waals surface area contributed by atoms with Crippen LogP contribution in [-0.2, 0) is 0 Å². The molecule has 12 heteroatoms. The molecular weight excluding hydrogens is 1390 g/mol. The number of aromatic amines is 4. The molecule has 4 aliphatic heterocycles. The van der Waals surface area contributed by atoms with Crippen LogP contribution in [0.5, 0.6) is 5.75 Å². The maximum Gasteiger partial charge on any atom is 0.133 e. The number of halogens is 1. The van der Waals surface area contributed by atoms with Crippen LogP contribution in [0, 0.1) is 0 Å². The summed E-state index contributed by atoms with van der Waals surface area (Å²) in [5, 5.41) is 12.0. The van der Waals surface area contributed by atoms with E-state index in [0.717, 1.165) is 183 Å². The lowest BCUT2D eigenvalue weighted by Crippen LogP contribution is -1.90. The minimum absolute atomic E-state index is 0.0390. The fraction of sp³-hybridized carbons (Fsp3) is 0. The van der Waals surface area contributed by atoms with Crippen molar-refractivity contribution in [3.63, 3.8) is 0 Å². The van der Waals surface area contributed by atoms with Crippen LogP contribution in [0.4, 0.5) is 11.4 Å². The molecule has 0 unspecified atom stereocenters. The van der Waals surface area contributed by atoms with Crippen molar-refractivity contribution >= 4 is 132 Å². The topological polar surface area (TPSA) is 160 Å². The monoisotopic (exact) mass is 1450 g/mol. The highest BCUT2D eigenvalue weighted by Crippen LogP contribution is 2.43. The van der Waals surface area contributed by atoms with Gasteiger partial charge in [-0.1, -0.05) is 222 Å². The first-order valence-electron chi connectivity index (χ1n) is 35.8. The molecule has 16 bridgehead atoms. The van der Waals surface area contributed by atoms with Gasteiger partial charge in [0, 0.05) is 117 Å². The van der Waals surface area contributed by atoms with Gasteiger partial charge in [0.1, 0.15) is 5.75 Å². The molecule has 9 aromatic carbocycles. The van der Waals surface area contributed by atoms with E-state index >= 15 is 0 Å². The summed E-state index contributed by atoms with van der Waals surface area (Å²) in [6, 6.07) is 99.8. The van der Waals surface area contributed by atoms with Crippen LogP contribution in [0.1, 0.15) is 56.7 Å². The molecule has 0 saturated carbocycles. The van der Waals surface area contributed by atoms with E-state index in [0.29, 0.717) is 22.5 Å². The Morgan fingerprint density at radius 3 is 0.620 bits per heavy atom. The lowest BCUT2D eigenvalue weighted by Gasteiger charge is -2.07. The number of rotatable bonds is 12. The number of aliphatic imine (C=N–C) groups is 2. The molecule has 19 rings (SSSR count). The summed E-state index contributed by atoms with van der Waals surface area (Å²) in [4.78, 5) is 47.3. The number of fused-ring (bicyclic) bond motifs is 16. The van der Waals surface area contributed by atoms with Crippen molar-refractivity contribution in [2.45, 2.75) is 0 Å². The molecule has 0 aliphatic carbocycles. The minimum Gasteiger partial charge on any atom is -0.507 e. The van der Waals surface area contributed by atoms with Gasteiger partial charge in [-0.3, -0.25) is 9.98 Å². The van der Waals surface area contributed by atoms with Crippen LogP contribution in [-0.4, -0.2) is 57.4 Å². The molecule has 0 amide bonds. The number of hydrogen-bond donors (Lipinski definition) is 5. The van der Waals surface area contributed by atoms with E-state index in [1.54, 1.807) is 12.4 Å². The van der Waals surface area contributed by atoms with Crippen molar-refractivity contribution in [3.8, 4) is 94.8 Å². The predicted molar refractivity (Wildman–Crippen MR) is 452 cm³/mol. The standard InChI is InChI=1S/C96H63BrN10O/c97-69-55-67(57-98-70-35-31-65(32-36-70)94-84-51-47-80(104-84)90(61-23-11-3-12-24-61)76-43-39-72(100-76)88(59-19-7-1-8-20-59)73-40-44-77(101-73)91(62-25-13-4-14-26-62)81-48-52-85(94)105-81)96(108)68(56-69)58-99-71-37-33-66(34-38-71)95-86-53-49-82(106-86)92(63-27-15-5-16-28-63)78-45-41-74(102-78)89(60-21-9-2-10-22-60)75-42-46-79(103-75)93(64-29-17-6-18-30-64)83-50-54-87(95)107-83/h1-58,100,102,105,107-108H. The first kappa shape index (κ1) is 64.6. The van der Waals surface area contributed by atoms with Crippen LogP contribution in [0.3, 0.4) is 0 Å². The second-order valence-electron chi connectivity index (χ2n) is 26.7. The number of benzene rings is 9. The zero-order valence-corrected chi connectivity index (χ0v) is 59.6. The quantitative estimate of drug-likeness (QED) is 0.0769. The van der Waals surface area contributed by atoms with Gasteiger partial charge in [0.2, 0.25) is 0 Å². The molecule has 0 fully saturated rings. The number of nitrogens with one attached hydrogen (secondary N) is 4. The summed E-state index contributed by atoms with van der Waals surface area (Å²) >= 11 is 3.74. The maximum atomic E-state index is 12.0. The molecule has 11 nitrogen and oxygen atoms in total. The smallest absolute Gasteiger partial charge is 0.133 e. The van der Waals surface area contributed by atoms with Crippen molar-refractivity contribution in [2.24, 2.45) is 9.98 Å². The van der Waals surface area contributed by atoms with Gasteiger partial charge in [-0.25, -0.2) is 19.9 Å². The van der Waals surface area contributed by atoms with Crippen molar-refractivity contribution in [2.75, 3.05) is 0 Å². The van der Waals surface area contributed by atoms with E-state index in [-0.39, 0.29) is 5.75 Å². The van der Waals surface area contributed by atoms with Crippen LogP contribution in [0.15, 0.2) is 306 Å². The molecule has 15 aromatic rings. The van der Waals surface area contributed by atoms with Crippen LogP contribution >= 0.6 is 15.9 Å². The van der Waals surface area contributed by atoms with E-state index in [1.807, 2.05) is 72.8 Å². The highest BCUT2D eigenvalue weighted by atomic mass is 79.9. The zero-order valence-electron chi connectivity index (χ0n) is 58.0. The SMILES string of the molecule is Oc1c(C=Nc2ccc(-c3c4nc(c(-c5ccccc5)c5ccc([nH]5)c(-c5ccccc5)c5nc(c(-c6ccccc6)c6ccc3[nH]6)C=C5)C=C4)cc2)cc(Br)cc1C=Nc1ccc(-c2c3nc(c(-c4ccccc4)c4ccc([nH]4)c(-c4ccccc4)c4nc(c(-c5ccccc5)c5ccc2[nH]5)C=C4)C=C3)cc1. The molecule has 5 N–H and O–H groups in total. The molecule has 510 valence electrons. The molecular formula is C96H63BrN10O. The predicted octanol–water partition coefficient (Wildman–Crippen LogP) is 24.9. The van der Waals surface area contributed by atoms with E-state index < -0.39 is 0 Å². The van der Waals surface area contributed by atoms with E-state index in [9.17, 15) is 5.11 Å². The molecule has 4 aliphatic rings. The molecule has 0 saturated heterocycles. The number of aromatic hydroxyl groups is 1. The van der Waals surface area contributed by atoms with Crippen molar-refractivity contribution in [3.05, 3.63) is 352 Å². The number of hydrogen-bond acceptors (Lipinski definition) is 7. The van der Waals surface area contributed by atoms with E-state index in [4.69, 9.17) is 29.9 Å². The number of H-pyrrole nitrogens is 4. The normalized spacial score (nSPS) is 12.3. The van der Waals surface area contributed by atoms with Crippen molar-refractivity contribution in [1.29, 1.82) is 0 Å². The Morgan fingerprint density at radius 2 is 0.426 bits per heavy atom. The molecule has 0 spiro atoms. The third-order valence-corrected chi connectivity index (χ3v) is 20.5. The van der Waals surface area contributed by atoms with Gasteiger partial charge < -0.3 is 25.0 Å². The molecule has 0 atom stereocenters. The maximum absolute atomic E-state index is 12.0. The van der Waals surface area contributed by atoms with Crippen molar-refractivity contribution < 1.29 is 5.11 Å². The fourth-order valence-electron chi connectivity index (χ4n) is 15.0. The number of phenolic OH excluding ortho intramolecular Hbond substituents is 1. The second kappa shape index (κ2) is 27.8. The average molecular weight is 1450 g/mol. The Bertz CT molecular complexity index is 6160. The summed E-state index contributed by atoms with van der Waals surface area (Å²) in [7, 11) is 0. The summed E-state index contributed by atoms with van der Waals surface area (Å²) in [5.41, 5.74) is 32.2. The van der Waals surface area contributed by atoms with Crippen LogP contribution in [0.25, 0.3) is 182 Å². The van der Waals surface area contributed by atoms with Gasteiger partial charge in [-0.2, -0.15) is 0 Å². The Labute approximate surface area is 630 Å². The lowest BCUT2D eigenvalue weighted by atomic mass is 10.0. The van der Waals surface area contributed by atoms with Gasteiger partial charge >= 0.3 is 0 Å². The lowest BCUT2D eigenvalue weighted by molar-refractivity contribution is 0.473. The third-order valence-electron chi connectivity index (χ3n) is 20.0. The Hall–Kier alpha value is -14.2. The Balaban J connectivity index is 0.675. The first-order chi connectivity index (χ1) is 53.3. The largest absolute Gasteiger partial charge is 0.507 e. The van der Waals surface area contributed by atoms with Gasteiger partial charge in [0.25, 0.3) is 0 Å². The van der Waals surface area contributed by atoms with Gasteiger partial charge in [0.15, 0.2) is 0 Å². The Morgan fingerprint density at radius 1 is 0.241 bits per heavy atom. The second-order valence-corrected chi connectivity index (χ2v) is 27.7. The van der Waals surface area contributed by atoms with E-state index in [1.165, 1.54) is 0 Å². The summed E-state index contributed by atoms with van der Waals surface area (Å²) in [5.74, 6) is 0.0390. The summed E-state index contributed by atoms with van der Waals surface area (Å²) in [6.45, 7) is 0.